The van der Waals surface area contributed by atoms with E-state index in [1.165, 1.54) is 4.88 Å². The third kappa shape index (κ3) is 6.04. The lowest BCUT2D eigenvalue weighted by molar-refractivity contribution is 0.0374. The van der Waals surface area contributed by atoms with E-state index in [2.05, 4.69) is 25.5 Å². The molecule has 7 nitrogen and oxygen atoms in total. The number of aryl methyl sites for hydroxylation is 1. The summed E-state index contributed by atoms with van der Waals surface area (Å²) in [6.07, 6.45) is 2.52. The van der Waals surface area contributed by atoms with E-state index in [4.69, 9.17) is 16.3 Å². The highest BCUT2D eigenvalue weighted by atomic mass is 35.5. The Morgan fingerprint density at radius 3 is 2.69 bits per heavy atom. The summed E-state index contributed by atoms with van der Waals surface area (Å²) in [5.41, 5.74) is 2.12. The van der Waals surface area contributed by atoms with Gasteiger partial charge in [-0.15, -0.1) is 11.3 Å². The molecule has 3 heterocycles. The van der Waals surface area contributed by atoms with Gasteiger partial charge < -0.3 is 15.4 Å². The van der Waals surface area contributed by atoms with E-state index in [-0.39, 0.29) is 5.91 Å². The molecule has 1 saturated heterocycles. The molecule has 9 heteroatoms. The summed E-state index contributed by atoms with van der Waals surface area (Å²) in [5, 5.41) is 6.68. The molecule has 0 unspecified atom stereocenters. The normalized spacial score (nSPS) is 14.3. The van der Waals surface area contributed by atoms with E-state index < -0.39 is 0 Å². The topological polar surface area (TPSA) is 79.4 Å². The van der Waals surface area contributed by atoms with E-state index >= 15 is 0 Å². The van der Waals surface area contributed by atoms with Gasteiger partial charge in [0.1, 0.15) is 5.69 Å². The largest absolute Gasteiger partial charge is 0.379 e. The fraction of sp³-hybridized carbons (Fsp3) is 0.348. The fourth-order valence-electron chi connectivity index (χ4n) is 3.43. The number of anilines is 2. The summed E-state index contributed by atoms with van der Waals surface area (Å²) >= 11 is 7.93. The zero-order chi connectivity index (χ0) is 22.3. The first kappa shape index (κ1) is 22.7. The van der Waals surface area contributed by atoms with Gasteiger partial charge in [-0.05, 0) is 56.3 Å². The standard InChI is InChI=1S/C23H26ClN5O2S/c1-16-3-8-20(32-16)21-19(24)15-26-23(28-21)27-18-6-4-17(5-7-18)22(30)25-9-2-10-29-11-13-31-14-12-29/h3-8,15H,2,9-14H2,1H3,(H,25,30)(H,26,27,28). The Morgan fingerprint density at radius 2 is 1.97 bits per heavy atom. The number of hydrogen-bond donors (Lipinski definition) is 2. The molecule has 1 aliphatic rings. The Morgan fingerprint density at radius 1 is 1.19 bits per heavy atom. The molecule has 0 spiro atoms. The lowest BCUT2D eigenvalue weighted by Crippen LogP contribution is -2.38. The highest BCUT2D eigenvalue weighted by Crippen LogP contribution is 2.32. The van der Waals surface area contributed by atoms with Gasteiger partial charge in [0.2, 0.25) is 5.95 Å². The van der Waals surface area contributed by atoms with E-state index in [0.717, 1.165) is 49.8 Å². The summed E-state index contributed by atoms with van der Waals surface area (Å²) < 4.78 is 5.35. The lowest BCUT2D eigenvalue weighted by Gasteiger charge is -2.26. The second-order valence-electron chi connectivity index (χ2n) is 7.57. The van der Waals surface area contributed by atoms with Gasteiger partial charge in [0.25, 0.3) is 5.91 Å². The molecule has 32 heavy (non-hydrogen) atoms. The second-order valence-corrected chi connectivity index (χ2v) is 9.26. The molecular formula is C23H26ClN5O2S. The average molecular weight is 472 g/mol. The number of carbonyl (C=O) groups is 1. The molecule has 0 bridgehead atoms. The van der Waals surface area contributed by atoms with Gasteiger partial charge in [-0.25, -0.2) is 9.97 Å². The Kier molecular flexibility index (Phi) is 7.70. The van der Waals surface area contributed by atoms with Crippen LogP contribution in [0.3, 0.4) is 0 Å². The molecule has 1 fully saturated rings. The molecule has 2 N–H and O–H groups in total. The molecule has 1 aromatic carbocycles. The van der Waals surface area contributed by atoms with Crippen LogP contribution in [0.5, 0.6) is 0 Å². The first-order valence-electron chi connectivity index (χ1n) is 10.6. The SMILES string of the molecule is Cc1ccc(-c2nc(Nc3ccc(C(=O)NCCCN4CCOCC4)cc3)ncc2Cl)s1. The summed E-state index contributed by atoms with van der Waals surface area (Å²) in [6, 6.07) is 11.3. The van der Waals surface area contributed by atoms with Crippen LogP contribution < -0.4 is 10.6 Å². The van der Waals surface area contributed by atoms with Gasteiger partial charge in [-0.3, -0.25) is 9.69 Å². The number of amides is 1. The van der Waals surface area contributed by atoms with E-state index in [9.17, 15) is 4.79 Å². The highest BCUT2D eigenvalue weighted by Gasteiger charge is 2.12. The molecule has 4 rings (SSSR count). The molecule has 0 radical (unpaired) electrons. The third-order valence-corrected chi connectivity index (χ3v) is 6.45. The third-order valence-electron chi connectivity index (χ3n) is 5.16. The van der Waals surface area contributed by atoms with Crippen molar-refractivity contribution in [2.45, 2.75) is 13.3 Å². The smallest absolute Gasteiger partial charge is 0.251 e. The van der Waals surface area contributed by atoms with Crippen LogP contribution in [0.4, 0.5) is 11.6 Å². The van der Waals surface area contributed by atoms with Crippen molar-refractivity contribution in [2.75, 3.05) is 44.7 Å². The molecule has 0 saturated carbocycles. The fourth-order valence-corrected chi connectivity index (χ4v) is 4.55. The number of carbonyl (C=O) groups excluding carboxylic acids is 1. The van der Waals surface area contributed by atoms with Crippen LogP contribution >= 0.6 is 22.9 Å². The number of hydrogen-bond acceptors (Lipinski definition) is 7. The Bertz CT molecular complexity index is 1050. The minimum absolute atomic E-state index is 0.0726. The Hall–Kier alpha value is -2.52. The zero-order valence-corrected chi connectivity index (χ0v) is 19.5. The minimum Gasteiger partial charge on any atom is -0.379 e. The number of halogens is 1. The predicted octanol–water partition coefficient (Wildman–Crippen LogP) is 4.36. The summed E-state index contributed by atoms with van der Waals surface area (Å²) in [6.45, 7) is 7.19. The van der Waals surface area contributed by atoms with E-state index in [1.807, 2.05) is 31.2 Å². The summed E-state index contributed by atoms with van der Waals surface area (Å²) in [5.74, 6) is 0.382. The quantitative estimate of drug-likeness (QED) is 0.475. The predicted molar refractivity (Wildman–Crippen MR) is 129 cm³/mol. The first-order valence-corrected chi connectivity index (χ1v) is 11.8. The molecule has 3 aromatic rings. The first-order chi connectivity index (χ1) is 15.6. The summed E-state index contributed by atoms with van der Waals surface area (Å²) in [7, 11) is 0. The van der Waals surface area contributed by atoms with Crippen molar-refractivity contribution in [2.24, 2.45) is 0 Å². The van der Waals surface area contributed by atoms with Gasteiger partial charge in [-0.1, -0.05) is 11.6 Å². The van der Waals surface area contributed by atoms with Gasteiger partial charge in [-0.2, -0.15) is 0 Å². The number of nitrogens with one attached hydrogen (secondary N) is 2. The molecule has 0 aliphatic carbocycles. The van der Waals surface area contributed by atoms with Crippen LogP contribution in [-0.4, -0.2) is 60.2 Å². The molecule has 1 amide bonds. The van der Waals surface area contributed by atoms with E-state index in [1.54, 1.807) is 29.7 Å². The van der Waals surface area contributed by atoms with Crippen LogP contribution in [-0.2, 0) is 4.74 Å². The molecule has 168 valence electrons. The minimum atomic E-state index is -0.0726. The van der Waals surface area contributed by atoms with Crippen LogP contribution in [0.1, 0.15) is 21.7 Å². The Balaban J connectivity index is 1.30. The van der Waals surface area contributed by atoms with Crippen LogP contribution in [0.2, 0.25) is 5.02 Å². The summed E-state index contributed by atoms with van der Waals surface area (Å²) in [4.78, 5) is 25.8. The van der Waals surface area contributed by atoms with Gasteiger partial charge in [0.15, 0.2) is 0 Å². The maximum atomic E-state index is 12.4. The number of thiophene rings is 1. The number of morpholine rings is 1. The molecule has 0 atom stereocenters. The maximum absolute atomic E-state index is 12.4. The molecular weight excluding hydrogens is 446 g/mol. The van der Waals surface area contributed by atoms with Crippen molar-refractivity contribution in [1.82, 2.24) is 20.2 Å². The maximum Gasteiger partial charge on any atom is 0.251 e. The number of rotatable bonds is 8. The van der Waals surface area contributed by atoms with Crippen LogP contribution in [0.25, 0.3) is 10.6 Å². The average Bonchev–Trinajstić information content (AvgIpc) is 3.25. The lowest BCUT2D eigenvalue weighted by atomic mass is 10.2. The van der Waals surface area contributed by atoms with Crippen LogP contribution in [0, 0.1) is 6.92 Å². The van der Waals surface area contributed by atoms with Crippen molar-refractivity contribution in [3.63, 3.8) is 0 Å². The number of nitrogens with zero attached hydrogens (tertiary/aromatic N) is 3. The van der Waals surface area contributed by atoms with Crippen molar-refractivity contribution in [3.05, 3.63) is 58.1 Å². The van der Waals surface area contributed by atoms with E-state index in [0.29, 0.717) is 28.8 Å². The Labute approximate surface area is 196 Å². The monoisotopic (exact) mass is 471 g/mol. The van der Waals surface area contributed by atoms with Crippen molar-refractivity contribution in [1.29, 1.82) is 0 Å². The number of benzene rings is 1. The van der Waals surface area contributed by atoms with Crippen molar-refractivity contribution < 1.29 is 9.53 Å². The van der Waals surface area contributed by atoms with Crippen molar-refractivity contribution in [3.8, 4) is 10.6 Å². The molecule has 2 aromatic heterocycles. The van der Waals surface area contributed by atoms with Gasteiger partial charge >= 0.3 is 0 Å². The van der Waals surface area contributed by atoms with Crippen LogP contribution in [0.15, 0.2) is 42.6 Å². The van der Waals surface area contributed by atoms with Crippen molar-refractivity contribution >= 4 is 40.5 Å². The second kappa shape index (κ2) is 10.9. The molecule has 1 aliphatic heterocycles. The number of aromatic nitrogens is 2. The number of ether oxygens (including phenoxy) is 1. The van der Waals surface area contributed by atoms with Gasteiger partial charge in [0.05, 0.1) is 29.3 Å². The van der Waals surface area contributed by atoms with Gasteiger partial charge in [0, 0.05) is 35.8 Å². The highest BCUT2D eigenvalue weighted by molar-refractivity contribution is 7.15. The zero-order valence-electron chi connectivity index (χ0n) is 17.9.